The summed E-state index contributed by atoms with van der Waals surface area (Å²) < 4.78 is 8.78. The molecule has 8 aromatic rings. The Morgan fingerprint density at radius 1 is 0.489 bits per heavy atom. The number of nitrogens with zero attached hydrogens (tertiary/aromatic N) is 4. The van der Waals surface area contributed by atoms with Crippen LogP contribution in [0.2, 0.25) is 0 Å². The maximum atomic E-state index is 6.65. The first-order valence-corrected chi connectivity index (χ1v) is 14.9. The van der Waals surface area contributed by atoms with Crippen molar-refractivity contribution in [3.63, 3.8) is 0 Å². The Morgan fingerprint density at radius 2 is 1.16 bits per heavy atom. The second-order valence-corrected chi connectivity index (χ2v) is 10.9. The minimum atomic E-state index is -0.661. The van der Waals surface area contributed by atoms with Crippen LogP contribution in [0.25, 0.3) is 27.6 Å². The summed E-state index contributed by atoms with van der Waals surface area (Å²) in [5.41, 5.74) is 5.59. The Labute approximate surface area is 261 Å². The highest BCUT2D eigenvalue weighted by Crippen LogP contribution is 2.45. The molecule has 4 aromatic carbocycles. The first kappa shape index (κ1) is 26.5. The third-order valence-electron chi connectivity index (χ3n) is 8.39. The van der Waals surface area contributed by atoms with Crippen molar-refractivity contribution < 1.29 is 4.74 Å². The molecule has 4 aromatic heterocycles. The molecule has 45 heavy (non-hydrogen) atoms. The third-order valence-corrected chi connectivity index (χ3v) is 8.39. The largest absolute Gasteiger partial charge is 0.457 e. The zero-order chi connectivity index (χ0) is 30.1. The standard InChI is InChI=1S/C40H28N4O/c1-3-12-29(13-4-1)40(30-14-5-2-6-15-30,38-18-7-9-23-42-38)31-16-11-17-32(26-31)45-33-20-21-34-35-22-25-41-28-37(35)44(36(34)27-33)39-19-8-10-24-43-39/h1-28H. The highest BCUT2D eigenvalue weighted by Gasteiger charge is 2.39. The minimum Gasteiger partial charge on any atom is -0.457 e. The molecule has 0 unspecified atom stereocenters. The van der Waals surface area contributed by atoms with Crippen molar-refractivity contribution >= 4 is 21.8 Å². The van der Waals surface area contributed by atoms with E-state index in [0.29, 0.717) is 0 Å². The molecule has 0 aliphatic rings. The predicted molar refractivity (Wildman–Crippen MR) is 179 cm³/mol. The van der Waals surface area contributed by atoms with Gasteiger partial charge in [0.1, 0.15) is 17.3 Å². The summed E-state index contributed by atoms with van der Waals surface area (Å²) in [5.74, 6) is 2.30. The molecule has 5 heteroatoms. The van der Waals surface area contributed by atoms with E-state index in [2.05, 4.69) is 106 Å². The minimum absolute atomic E-state index is 0.661. The van der Waals surface area contributed by atoms with Gasteiger partial charge in [0.15, 0.2) is 0 Å². The van der Waals surface area contributed by atoms with Crippen LogP contribution in [0.1, 0.15) is 22.4 Å². The Morgan fingerprint density at radius 3 is 1.87 bits per heavy atom. The Kier molecular flexibility index (Phi) is 6.61. The van der Waals surface area contributed by atoms with Crippen LogP contribution in [0, 0.1) is 0 Å². The van der Waals surface area contributed by atoms with E-state index in [0.717, 1.165) is 61.5 Å². The lowest BCUT2D eigenvalue weighted by Gasteiger charge is -2.35. The van der Waals surface area contributed by atoms with E-state index in [9.17, 15) is 0 Å². The van der Waals surface area contributed by atoms with E-state index in [1.54, 1.807) is 0 Å². The summed E-state index contributed by atoms with van der Waals surface area (Å²) in [6, 6.07) is 49.8. The summed E-state index contributed by atoms with van der Waals surface area (Å²) in [4.78, 5) is 14.0. The summed E-state index contributed by atoms with van der Waals surface area (Å²) in [6.45, 7) is 0. The quantitative estimate of drug-likeness (QED) is 0.176. The van der Waals surface area contributed by atoms with Crippen LogP contribution in [-0.4, -0.2) is 19.5 Å². The number of rotatable bonds is 7. The average Bonchev–Trinajstić information content (AvgIpc) is 3.44. The SMILES string of the molecule is c1ccc(C(c2ccccc2)(c2cccc(Oc3ccc4c5ccncc5n(-c5ccccn5)c4c3)c2)c2ccccn2)cc1. The van der Waals surface area contributed by atoms with Crippen molar-refractivity contribution in [3.05, 3.63) is 193 Å². The number of hydrogen-bond donors (Lipinski definition) is 0. The van der Waals surface area contributed by atoms with E-state index < -0.39 is 5.41 Å². The molecule has 0 aliphatic carbocycles. The molecule has 0 saturated carbocycles. The van der Waals surface area contributed by atoms with Crippen molar-refractivity contribution in [1.82, 2.24) is 19.5 Å². The molecule has 0 atom stereocenters. The highest BCUT2D eigenvalue weighted by molar-refractivity contribution is 6.09. The first-order chi connectivity index (χ1) is 22.3. The van der Waals surface area contributed by atoms with Gasteiger partial charge in [-0.05, 0) is 71.3 Å². The number of benzene rings is 4. The molecule has 0 N–H and O–H groups in total. The number of aromatic nitrogens is 4. The van der Waals surface area contributed by atoms with E-state index in [1.807, 2.05) is 79.4 Å². The molecule has 8 rings (SSSR count). The fraction of sp³-hybridized carbons (Fsp3) is 0.0250. The summed E-state index contributed by atoms with van der Waals surface area (Å²) >= 11 is 0. The van der Waals surface area contributed by atoms with E-state index in [1.165, 1.54) is 0 Å². The Balaban J connectivity index is 1.29. The smallest absolute Gasteiger partial charge is 0.137 e. The number of fused-ring (bicyclic) bond motifs is 3. The Bertz CT molecular complexity index is 2140. The van der Waals surface area contributed by atoms with Crippen molar-refractivity contribution in [3.8, 4) is 17.3 Å². The van der Waals surface area contributed by atoms with E-state index in [4.69, 9.17) is 9.72 Å². The van der Waals surface area contributed by atoms with Crippen molar-refractivity contribution in [1.29, 1.82) is 0 Å². The first-order valence-electron chi connectivity index (χ1n) is 14.9. The highest BCUT2D eigenvalue weighted by atomic mass is 16.5. The predicted octanol–water partition coefficient (Wildman–Crippen LogP) is 9.14. The molecule has 0 saturated heterocycles. The summed E-state index contributed by atoms with van der Waals surface area (Å²) in [7, 11) is 0. The van der Waals surface area contributed by atoms with Gasteiger partial charge in [-0.2, -0.15) is 0 Å². The number of hydrogen-bond acceptors (Lipinski definition) is 4. The van der Waals surface area contributed by atoms with Gasteiger partial charge in [0.25, 0.3) is 0 Å². The van der Waals surface area contributed by atoms with Gasteiger partial charge in [-0.15, -0.1) is 0 Å². The van der Waals surface area contributed by atoms with Crippen LogP contribution < -0.4 is 4.74 Å². The van der Waals surface area contributed by atoms with Crippen LogP contribution >= 0.6 is 0 Å². The van der Waals surface area contributed by atoms with Crippen molar-refractivity contribution in [2.45, 2.75) is 5.41 Å². The van der Waals surface area contributed by atoms with E-state index >= 15 is 0 Å². The van der Waals surface area contributed by atoms with Gasteiger partial charge >= 0.3 is 0 Å². The van der Waals surface area contributed by atoms with Gasteiger partial charge in [-0.25, -0.2) is 4.98 Å². The second kappa shape index (κ2) is 11.2. The fourth-order valence-electron chi connectivity index (χ4n) is 6.48. The fourth-order valence-corrected chi connectivity index (χ4v) is 6.48. The van der Waals surface area contributed by atoms with E-state index in [-0.39, 0.29) is 0 Å². The summed E-state index contributed by atoms with van der Waals surface area (Å²) in [6.07, 6.45) is 7.39. The third kappa shape index (κ3) is 4.53. The topological polar surface area (TPSA) is 52.8 Å². The summed E-state index contributed by atoms with van der Waals surface area (Å²) in [5, 5.41) is 2.23. The number of ether oxygens (including phenoxy) is 1. The van der Waals surface area contributed by atoms with Crippen LogP contribution in [0.4, 0.5) is 0 Å². The molecule has 0 radical (unpaired) electrons. The van der Waals surface area contributed by atoms with Gasteiger partial charge in [0, 0.05) is 35.4 Å². The zero-order valence-corrected chi connectivity index (χ0v) is 24.4. The van der Waals surface area contributed by atoms with Gasteiger partial charge < -0.3 is 4.74 Å². The molecule has 4 heterocycles. The number of pyridine rings is 3. The lowest BCUT2D eigenvalue weighted by Crippen LogP contribution is -2.32. The molecule has 0 fully saturated rings. The van der Waals surface area contributed by atoms with Crippen LogP contribution in [0.3, 0.4) is 0 Å². The normalized spacial score (nSPS) is 11.6. The van der Waals surface area contributed by atoms with Crippen LogP contribution in [0.5, 0.6) is 11.5 Å². The Hall–Kier alpha value is -6.07. The molecule has 0 aliphatic heterocycles. The molecular formula is C40H28N4O. The van der Waals surface area contributed by atoms with Gasteiger partial charge in [-0.3, -0.25) is 14.5 Å². The molecular weight excluding hydrogens is 552 g/mol. The lowest BCUT2D eigenvalue weighted by molar-refractivity contribution is 0.481. The lowest BCUT2D eigenvalue weighted by atomic mass is 9.67. The van der Waals surface area contributed by atoms with Gasteiger partial charge in [-0.1, -0.05) is 84.9 Å². The molecule has 214 valence electrons. The average molecular weight is 581 g/mol. The van der Waals surface area contributed by atoms with Crippen LogP contribution in [0.15, 0.2) is 170 Å². The monoisotopic (exact) mass is 580 g/mol. The molecule has 0 bridgehead atoms. The van der Waals surface area contributed by atoms with Crippen molar-refractivity contribution in [2.75, 3.05) is 0 Å². The maximum Gasteiger partial charge on any atom is 0.137 e. The van der Waals surface area contributed by atoms with Crippen LogP contribution in [-0.2, 0) is 5.41 Å². The second-order valence-electron chi connectivity index (χ2n) is 10.9. The molecule has 0 amide bonds. The maximum absolute atomic E-state index is 6.65. The zero-order valence-electron chi connectivity index (χ0n) is 24.4. The molecule has 0 spiro atoms. The van der Waals surface area contributed by atoms with Crippen molar-refractivity contribution in [2.24, 2.45) is 0 Å². The van der Waals surface area contributed by atoms with Gasteiger partial charge in [0.2, 0.25) is 0 Å². The molecule has 5 nitrogen and oxygen atoms in total. The van der Waals surface area contributed by atoms with Gasteiger partial charge in [0.05, 0.1) is 28.3 Å².